The van der Waals surface area contributed by atoms with E-state index in [4.69, 9.17) is 9.47 Å². The van der Waals surface area contributed by atoms with Crippen LogP contribution in [0.25, 0.3) is 0 Å². The van der Waals surface area contributed by atoms with Crippen LogP contribution in [-0.4, -0.2) is 18.8 Å². The summed E-state index contributed by atoms with van der Waals surface area (Å²) in [6.45, 7) is 13.6. The van der Waals surface area contributed by atoms with E-state index in [-0.39, 0.29) is 12.2 Å². The number of ether oxygens (including phenoxy) is 2. The van der Waals surface area contributed by atoms with E-state index in [1.165, 1.54) is 12.8 Å². The summed E-state index contributed by atoms with van der Waals surface area (Å²) in [6.07, 6.45) is 2.68. The normalized spacial score (nSPS) is 11.3. The lowest BCUT2D eigenvalue weighted by Crippen LogP contribution is -2.14. The van der Waals surface area contributed by atoms with Crippen LogP contribution in [-0.2, 0) is 0 Å². The molecule has 0 saturated heterocycles. The Morgan fingerprint density at radius 2 is 1.48 bits per heavy atom. The third-order valence-electron chi connectivity index (χ3n) is 3.42. The van der Waals surface area contributed by atoms with Gasteiger partial charge in [-0.3, -0.25) is 0 Å². The lowest BCUT2D eigenvalue weighted by molar-refractivity contribution is 0.199. The topological polar surface area (TPSA) is 30.5 Å². The Bertz CT molecular complexity index is 412. The molecule has 0 aliphatic carbocycles. The lowest BCUT2D eigenvalue weighted by Gasteiger charge is -2.19. The van der Waals surface area contributed by atoms with Crippen molar-refractivity contribution >= 4 is 5.69 Å². The molecule has 1 rings (SSSR count). The molecule has 0 aliphatic rings. The molecule has 0 atom stereocenters. The van der Waals surface area contributed by atoms with Crippen molar-refractivity contribution in [3.63, 3.8) is 0 Å². The van der Waals surface area contributed by atoms with Gasteiger partial charge >= 0.3 is 0 Å². The van der Waals surface area contributed by atoms with Crippen LogP contribution in [0, 0.1) is 5.92 Å². The fourth-order valence-corrected chi connectivity index (χ4v) is 2.15. The number of benzene rings is 1. The molecule has 21 heavy (non-hydrogen) atoms. The van der Waals surface area contributed by atoms with E-state index >= 15 is 0 Å². The van der Waals surface area contributed by atoms with Crippen LogP contribution in [0.4, 0.5) is 5.69 Å². The standard InChI is InChI=1S/C18H31NO2/c1-7-15(8-2)12-19-16-9-10-17(20-13(3)4)18(11-16)21-14(5)6/h9-11,13-15,19H,7-8,12H2,1-6H3. The first-order valence-electron chi connectivity index (χ1n) is 8.17. The maximum absolute atomic E-state index is 5.88. The van der Waals surface area contributed by atoms with Gasteiger partial charge in [0.25, 0.3) is 0 Å². The van der Waals surface area contributed by atoms with Crippen molar-refractivity contribution < 1.29 is 9.47 Å². The van der Waals surface area contributed by atoms with Gasteiger partial charge in [0.2, 0.25) is 0 Å². The third-order valence-corrected chi connectivity index (χ3v) is 3.42. The van der Waals surface area contributed by atoms with Crippen molar-refractivity contribution in [2.24, 2.45) is 5.92 Å². The van der Waals surface area contributed by atoms with E-state index in [1.54, 1.807) is 0 Å². The van der Waals surface area contributed by atoms with E-state index in [2.05, 4.69) is 25.2 Å². The van der Waals surface area contributed by atoms with Crippen LogP contribution in [0.2, 0.25) is 0 Å². The Morgan fingerprint density at radius 1 is 0.905 bits per heavy atom. The molecular weight excluding hydrogens is 262 g/mol. The van der Waals surface area contributed by atoms with Gasteiger partial charge in [-0.05, 0) is 45.7 Å². The summed E-state index contributed by atoms with van der Waals surface area (Å²) in [7, 11) is 0. The number of rotatable bonds is 9. The zero-order valence-corrected chi connectivity index (χ0v) is 14.4. The molecule has 0 unspecified atom stereocenters. The fourth-order valence-electron chi connectivity index (χ4n) is 2.15. The van der Waals surface area contributed by atoms with Gasteiger partial charge in [0, 0.05) is 18.3 Å². The minimum absolute atomic E-state index is 0.133. The van der Waals surface area contributed by atoms with E-state index < -0.39 is 0 Å². The number of hydrogen-bond acceptors (Lipinski definition) is 3. The number of nitrogens with one attached hydrogen (secondary N) is 1. The third kappa shape index (κ3) is 6.28. The maximum Gasteiger partial charge on any atom is 0.163 e. The molecular formula is C18H31NO2. The molecule has 0 bridgehead atoms. The van der Waals surface area contributed by atoms with Crippen molar-refractivity contribution in [1.29, 1.82) is 0 Å². The first-order valence-corrected chi connectivity index (χ1v) is 8.17. The highest BCUT2D eigenvalue weighted by Crippen LogP contribution is 2.32. The second-order valence-corrected chi connectivity index (χ2v) is 6.06. The van der Waals surface area contributed by atoms with Crippen molar-refractivity contribution in [2.45, 2.75) is 66.6 Å². The Morgan fingerprint density at radius 3 is 2.00 bits per heavy atom. The highest BCUT2D eigenvalue weighted by atomic mass is 16.5. The summed E-state index contributed by atoms with van der Waals surface area (Å²) in [4.78, 5) is 0. The Balaban J connectivity index is 2.82. The van der Waals surface area contributed by atoms with E-state index in [0.717, 1.165) is 23.7 Å². The van der Waals surface area contributed by atoms with Gasteiger partial charge in [0.15, 0.2) is 11.5 Å². The van der Waals surface area contributed by atoms with Crippen LogP contribution in [0.3, 0.4) is 0 Å². The predicted molar refractivity (Wildman–Crippen MR) is 90.5 cm³/mol. The molecule has 0 amide bonds. The van der Waals surface area contributed by atoms with E-state index in [1.807, 2.05) is 39.8 Å². The lowest BCUT2D eigenvalue weighted by atomic mass is 10.0. The van der Waals surface area contributed by atoms with Crippen molar-refractivity contribution in [3.8, 4) is 11.5 Å². The molecule has 3 nitrogen and oxygen atoms in total. The largest absolute Gasteiger partial charge is 0.487 e. The molecule has 0 radical (unpaired) electrons. The molecule has 1 aromatic rings. The Labute approximate surface area is 130 Å². The van der Waals surface area contributed by atoms with Crippen LogP contribution < -0.4 is 14.8 Å². The van der Waals surface area contributed by atoms with Crippen molar-refractivity contribution in [3.05, 3.63) is 18.2 Å². The number of hydrogen-bond donors (Lipinski definition) is 1. The van der Waals surface area contributed by atoms with Crippen molar-refractivity contribution in [1.82, 2.24) is 0 Å². The maximum atomic E-state index is 5.88. The first-order chi connectivity index (χ1) is 9.96. The molecule has 0 fully saturated rings. The summed E-state index contributed by atoms with van der Waals surface area (Å²) >= 11 is 0. The predicted octanol–water partition coefficient (Wildman–Crippen LogP) is 5.11. The van der Waals surface area contributed by atoms with Gasteiger partial charge in [0.05, 0.1) is 12.2 Å². The van der Waals surface area contributed by atoms with Crippen LogP contribution in [0.1, 0.15) is 54.4 Å². The molecule has 0 saturated carbocycles. The van der Waals surface area contributed by atoms with Crippen LogP contribution in [0.5, 0.6) is 11.5 Å². The Hall–Kier alpha value is -1.38. The minimum atomic E-state index is 0.133. The van der Waals surface area contributed by atoms with Gasteiger partial charge in [-0.2, -0.15) is 0 Å². The molecule has 0 aliphatic heterocycles. The smallest absolute Gasteiger partial charge is 0.163 e. The average molecular weight is 293 g/mol. The highest BCUT2D eigenvalue weighted by Gasteiger charge is 2.11. The number of anilines is 1. The summed E-state index contributed by atoms with van der Waals surface area (Å²) in [6, 6.07) is 6.10. The van der Waals surface area contributed by atoms with Gasteiger partial charge in [-0.1, -0.05) is 26.7 Å². The zero-order chi connectivity index (χ0) is 15.8. The highest BCUT2D eigenvalue weighted by molar-refractivity contribution is 5.55. The van der Waals surface area contributed by atoms with Crippen LogP contribution in [0.15, 0.2) is 18.2 Å². The summed E-state index contributed by atoms with van der Waals surface area (Å²) in [5, 5.41) is 3.51. The van der Waals surface area contributed by atoms with Gasteiger partial charge in [-0.15, -0.1) is 0 Å². The average Bonchev–Trinajstić information content (AvgIpc) is 2.41. The fraction of sp³-hybridized carbons (Fsp3) is 0.667. The quantitative estimate of drug-likeness (QED) is 0.686. The summed E-state index contributed by atoms with van der Waals surface area (Å²) < 4.78 is 11.7. The van der Waals surface area contributed by atoms with Gasteiger partial charge in [-0.25, -0.2) is 0 Å². The molecule has 120 valence electrons. The van der Waals surface area contributed by atoms with Crippen LogP contribution >= 0.6 is 0 Å². The molecule has 1 aromatic carbocycles. The molecule has 1 N–H and O–H groups in total. The van der Waals surface area contributed by atoms with Gasteiger partial charge < -0.3 is 14.8 Å². The second kappa shape index (κ2) is 8.81. The molecule has 0 aromatic heterocycles. The summed E-state index contributed by atoms with van der Waals surface area (Å²) in [5.41, 5.74) is 1.09. The summed E-state index contributed by atoms with van der Waals surface area (Å²) in [5.74, 6) is 2.34. The van der Waals surface area contributed by atoms with E-state index in [9.17, 15) is 0 Å². The molecule has 0 spiro atoms. The van der Waals surface area contributed by atoms with Gasteiger partial charge in [0.1, 0.15) is 0 Å². The zero-order valence-electron chi connectivity index (χ0n) is 14.4. The molecule has 3 heteroatoms. The Kier molecular flexibility index (Phi) is 7.41. The minimum Gasteiger partial charge on any atom is -0.487 e. The molecule has 0 heterocycles. The second-order valence-electron chi connectivity index (χ2n) is 6.06. The monoisotopic (exact) mass is 293 g/mol. The SMILES string of the molecule is CCC(CC)CNc1ccc(OC(C)C)c(OC(C)C)c1. The van der Waals surface area contributed by atoms with Crippen molar-refractivity contribution in [2.75, 3.05) is 11.9 Å². The first kappa shape index (κ1) is 17.7. The van der Waals surface area contributed by atoms with E-state index in [0.29, 0.717) is 5.92 Å².